The number of nitrogens with one attached hydrogen (secondary N) is 2. The van der Waals surface area contributed by atoms with Crippen LogP contribution in [0.4, 0.5) is 5.82 Å². The van der Waals surface area contributed by atoms with Gasteiger partial charge in [-0.15, -0.1) is 11.3 Å². The number of aliphatic hydroxyl groups excluding tert-OH is 1. The fourth-order valence-electron chi connectivity index (χ4n) is 3.23. The van der Waals surface area contributed by atoms with E-state index in [1.807, 2.05) is 4.72 Å². The number of hydrogen-bond donors (Lipinski definition) is 4. The van der Waals surface area contributed by atoms with Crippen molar-refractivity contribution < 1.29 is 27.7 Å². The lowest BCUT2D eigenvalue weighted by atomic mass is 10.1. The van der Waals surface area contributed by atoms with Gasteiger partial charge >= 0.3 is 10.3 Å². The smallest absolute Gasteiger partial charge is 0.333 e. The molecule has 3 rings (SSSR count). The summed E-state index contributed by atoms with van der Waals surface area (Å²) in [4.78, 5) is 32.7. The van der Waals surface area contributed by atoms with Gasteiger partial charge in [-0.3, -0.25) is 14.1 Å². The van der Waals surface area contributed by atoms with Crippen molar-refractivity contribution >= 4 is 39.0 Å². The molecule has 0 amide bonds. The minimum Gasteiger partial charge on any atom is -0.393 e. The summed E-state index contributed by atoms with van der Waals surface area (Å²) in [6.45, 7) is 1.32. The van der Waals surface area contributed by atoms with Crippen molar-refractivity contribution in [3.05, 3.63) is 40.0 Å². The Morgan fingerprint density at radius 1 is 1.34 bits per heavy atom. The van der Waals surface area contributed by atoms with Gasteiger partial charge in [-0.25, -0.2) is 9.97 Å². The molecular formula is C17H20N4O6S2. The number of rotatable bonds is 8. The molecular weight excluding hydrogens is 420 g/mol. The lowest BCUT2D eigenvalue weighted by Crippen LogP contribution is -2.32. The van der Waals surface area contributed by atoms with Crippen LogP contribution in [0.25, 0.3) is 0 Å². The second-order valence-corrected chi connectivity index (χ2v) is 8.98. The zero-order chi connectivity index (χ0) is 21.2. The maximum atomic E-state index is 12.8. The van der Waals surface area contributed by atoms with Crippen molar-refractivity contribution in [1.29, 1.82) is 0 Å². The third-order valence-electron chi connectivity index (χ3n) is 4.71. The predicted octanol–water partition coefficient (Wildman–Crippen LogP) is 0.915. The number of thiophene rings is 1. The minimum atomic E-state index is -4.33. The highest BCUT2D eigenvalue weighted by Crippen LogP contribution is 2.29. The number of nitrogens with zero attached hydrogens (tertiary/aromatic N) is 2. The highest BCUT2D eigenvalue weighted by Gasteiger charge is 2.34. The summed E-state index contributed by atoms with van der Waals surface area (Å²) < 4.78 is 32.4. The van der Waals surface area contributed by atoms with Crippen molar-refractivity contribution in [1.82, 2.24) is 14.7 Å². The number of anilines is 1. The highest BCUT2D eigenvalue weighted by molar-refractivity contribution is 7.83. The third kappa shape index (κ3) is 5.42. The van der Waals surface area contributed by atoms with Crippen LogP contribution in [-0.2, 0) is 10.3 Å². The number of aromatic nitrogens is 2. The number of carbonyl (C=O) groups is 2. The molecule has 0 saturated heterocycles. The van der Waals surface area contributed by atoms with Gasteiger partial charge in [0.05, 0.1) is 16.5 Å². The molecule has 4 N–H and O–H groups in total. The van der Waals surface area contributed by atoms with Gasteiger partial charge in [0, 0.05) is 35.6 Å². The molecule has 10 nitrogen and oxygen atoms in total. The summed E-state index contributed by atoms with van der Waals surface area (Å²) in [6.07, 6.45) is 2.63. The molecule has 0 aromatic carbocycles. The minimum absolute atomic E-state index is 0.100. The van der Waals surface area contributed by atoms with Gasteiger partial charge in [-0.1, -0.05) is 0 Å². The average molecular weight is 441 g/mol. The van der Waals surface area contributed by atoms with E-state index in [2.05, 4.69) is 15.3 Å². The first-order chi connectivity index (χ1) is 13.6. The second-order valence-electron chi connectivity index (χ2n) is 6.83. The van der Waals surface area contributed by atoms with E-state index >= 15 is 0 Å². The molecule has 2 aromatic heterocycles. The van der Waals surface area contributed by atoms with Crippen LogP contribution in [0.2, 0.25) is 0 Å². The number of hydrogen-bond acceptors (Lipinski definition) is 9. The predicted molar refractivity (Wildman–Crippen MR) is 105 cm³/mol. The van der Waals surface area contributed by atoms with Crippen LogP contribution in [0.3, 0.4) is 0 Å². The van der Waals surface area contributed by atoms with E-state index in [1.54, 1.807) is 5.38 Å². The Kier molecular flexibility index (Phi) is 6.39. The maximum Gasteiger partial charge on any atom is 0.333 e. The fourth-order valence-corrected chi connectivity index (χ4v) is 4.55. The van der Waals surface area contributed by atoms with Crippen molar-refractivity contribution in [2.45, 2.75) is 31.9 Å². The molecule has 0 unspecified atom stereocenters. The molecule has 3 atom stereocenters. The SMILES string of the molecule is CC(=O)c1csc(C(=O)c2cncnc2N[C@@H]2C[C@H](CNS(=O)(=O)O)[C@@H](O)C2)c1. The Labute approximate surface area is 171 Å². The average Bonchev–Trinajstić information content (AvgIpc) is 3.26. The van der Waals surface area contributed by atoms with Gasteiger partial charge in [0.2, 0.25) is 5.78 Å². The first-order valence-electron chi connectivity index (χ1n) is 8.75. The number of ketones is 2. The van der Waals surface area contributed by atoms with E-state index in [-0.39, 0.29) is 29.7 Å². The number of aliphatic hydroxyl groups is 1. The molecule has 1 aliphatic rings. The van der Waals surface area contributed by atoms with E-state index in [9.17, 15) is 23.1 Å². The Morgan fingerprint density at radius 3 is 2.76 bits per heavy atom. The van der Waals surface area contributed by atoms with E-state index in [4.69, 9.17) is 4.55 Å². The normalized spacial score (nSPS) is 21.8. The first-order valence-corrected chi connectivity index (χ1v) is 11.1. The van der Waals surface area contributed by atoms with Crippen LogP contribution in [0.1, 0.15) is 45.4 Å². The standard InChI is InChI=1S/C17H20N4O6S2/c1-9(22)11-3-15(28-7-11)16(24)13-6-18-8-19-17(13)21-12-2-10(14(23)4-12)5-20-29(25,26)27/h3,6-8,10,12,14,20,23H,2,4-5H2,1H3,(H,18,19,21)(H,25,26,27)/t10-,12-,14+/m1/s1. The van der Waals surface area contributed by atoms with E-state index in [0.29, 0.717) is 29.1 Å². The molecule has 0 radical (unpaired) electrons. The summed E-state index contributed by atoms with van der Waals surface area (Å²) in [5, 5.41) is 14.9. The summed E-state index contributed by atoms with van der Waals surface area (Å²) in [7, 11) is -4.33. The molecule has 2 aromatic rings. The molecule has 12 heteroatoms. The summed E-state index contributed by atoms with van der Waals surface area (Å²) in [6, 6.07) is 1.28. The Morgan fingerprint density at radius 2 is 2.10 bits per heavy atom. The van der Waals surface area contributed by atoms with Gasteiger partial charge in [0.25, 0.3) is 0 Å². The van der Waals surface area contributed by atoms with Crippen LogP contribution in [0.5, 0.6) is 0 Å². The lowest BCUT2D eigenvalue weighted by molar-refractivity contribution is 0.101. The van der Waals surface area contributed by atoms with Crippen molar-refractivity contribution in [3.63, 3.8) is 0 Å². The largest absolute Gasteiger partial charge is 0.393 e. The van der Waals surface area contributed by atoms with Crippen molar-refractivity contribution in [2.75, 3.05) is 11.9 Å². The Hall–Kier alpha value is -2.25. The van der Waals surface area contributed by atoms with Crippen molar-refractivity contribution in [3.8, 4) is 0 Å². The molecule has 0 spiro atoms. The Balaban J connectivity index is 1.72. The topological polar surface area (TPSA) is 159 Å². The summed E-state index contributed by atoms with van der Waals surface area (Å²) in [5.41, 5.74) is 0.691. The number of Topliss-reactive ketones (excluding diaryl/α,β-unsaturated/α-hetero) is 1. The number of carbonyl (C=O) groups excluding carboxylic acids is 2. The first kappa shape index (κ1) is 21.5. The van der Waals surface area contributed by atoms with Gasteiger partial charge in [-0.2, -0.15) is 13.1 Å². The maximum absolute atomic E-state index is 12.8. The highest BCUT2D eigenvalue weighted by atomic mass is 32.2. The van der Waals surface area contributed by atoms with Crippen LogP contribution >= 0.6 is 11.3 Å². The zero-order valence-electron chi connectivity index (χ0n) is 15.4. The molecule has 1 aliphatic carbocycles. The molecule has 1 saturated carbocycles. The molecule has 1 fully saturated rings. The second kappa shape index (κ2) is 8.63. The van der Waals surface area contributed by atoms with Crippen LogP contribution in [0.15, 0.2) is 24.0 Å². The van der Waals surface area contributed by atoms with E-state index in [0.717, 1.165) is 11.3 Å². The molecule has 156 valence electrons. The Bertz CT molecular complexity index is 1020. The van der Waals surface area contributed by atoms with Gasteiger partial charge < -0.3 is 10.4 Å². The van der Waals surface area contributed by atoms with Crippen LogP contribution in [0, 0.1) is 5.92 Å². The third-order valence-corrected chi connectivity index (χ3v) is 6.17. The quantitative estimate of drug-likeness (QED) is 0.346. The molecule has 0 aliphatic heterocycles. The summed E-state index contributed by atoms with van der Waals surface area (Å²) in [5.74, 6) is -0.560. The molecule has 0 bridgehead atoms. The fraction of sp³-hybridized carbons (Fsp3) is 0.412. The summed E-state index contributed by atoms with van der Waals surface area (Å²) >= 11 is 1.16. The monoisotopic (exact) mass is 440 g/mol. The van der Waals surface area contributed by atoms with Crippen LogP contribution < -0.4 is 10.0 Å². The van der Waals surface area contributed by atoms with Gasteiger partial charge in [0.1, 0.15) is 12.1 Å². The molecule has 2 heterocycles. The van der Waals surface area contributed by atoms with Gasteiger partial charge in [-0.05, 0) is 25.8 Å². The van der Waals surface area contributed by atoms with Crippen LogP contribution in [-0.4, -0.2) is 58.3 Å². The molecule has 29 heavy (non-hydrogen) atoms. The lowest BCUT2D eigenvalue weighted by Gasteiger charge is -2.15. The van der Waals surface area contributed by atoms with E-state index in [1.165, 1.54) is 25.5 Å². The van der Waals surface area contributed by atoms with Crippen molar-refractivity contribution in [2.24, 2.45) is 5.92 Å². The zero-order valence-corrected chi connectivity index (χ0v) is 17.0. The van der Waals surface area contributed by atoms with E-state index < -0.39 is 22.3 Å². The van der Waals surface area contributed by atoms with Gasteiger partial charge in [0.15, 0.2) is 5.78 Å².